The fourth-order valence-corrected chi connectivity index (χ4v) is 2.06. The van der Waals surface area contributed by atoms with Crippen LogP contribution >= 0.6 is 0 Å². The summed E-state index contributed by atoms with van der Waals surface area (Å²) in [7, 11) is 0. The molecule has 0 heterocycles. The van der Waals surface area contributed by atoms with Crippen LogP contribution in [0.1, 0.15) is 23.7 Å². The Morgan fingerprint density at radius 3 is 2.48 bits per heavy atom. The maximum atomic E-state index is 13.5. The zero-order valence-electron chi connectivity index (χ0n) is 11.6. The quantitative estimate of drug-likeness (QED) is 0.858. The Kier molecular flexibility index (Phi) is 5.46. The van der Waals surface area contributed by atoms with Gasteiger partial charge in [0.15, 0.2) is 0 Å². The Balaban J connectivity index is 1.77. The summed E-state index contributed by atoms with van der Waals surface area (Å²) in [6, 6.07) is 15.7. The molecule has 1 unspecified atom stereocenters. The van der Waals surface area contributed by atoms with Gasteiger partial charge in [0, 0.05) is 18.5 Å². The van der Waals surface area contributed by atoms with E-state index in [1.54, 1.807) is 12.1 Å². The van der Waals surface area contributed by atoms with Crippen LogP contribution in [-0.2, 0) is 11.2 Å². The van der Waals surface area contributed by atoms with E-state index in [4.69, 9.17) is 0 Å². The van der Waals surface area contributed by atoms with Gasteiger partial charge < -0.3 is 10.4 Å². The highest BCUT2D eigenvalue weighted by atomic mass is 19.1. The Morgan fingerprint density at radius 2 is 1.76 bits per heavy atom. The number of halogens is 1. The van der Waals surface area contributed by atoms with Crippen molar-refractivity contribution in [1.29, 1.82) is 0 Å². The predicted molar refractivity (Wildman–Crippen MR) is 79.1 cm³/mol. The molecule has 0 aromatic heterocycles. The minimum absolute atomic E-state index is 0.00849. The van der Waals surface area contributed by atoms with Crippen LogP contribution in [0.15, 0.2) is 54.6 Å². The number of aliphatic hydroxyl groups excluding tert-OH is 1. The van der Waals surface area contributed by atoms with E-state index in [1.165, 1.54) is 12.1 Å². The molecule has 0 saturated carbocycles. The molecule has 0 spiro atoms. The second-order valence-electron chi connectivity index (χ2n) is 4.83. The van der Waals surface area contributed by atoms with Gasteiger partial charge in [-0.05, 0) is 18.1 Å². The third-order valence-corrected chi connectivity index (χ3v) is 3.24. The van der Waals surface area contributed by atoms with Crippen molar-refractivity contribution in [1.82, 2.24) is 5.32 Å². The van der Waals surface area contributed by atoms with Crippen molar-refractivity contribution < 1.29 is 14.3 Å². The lowest BCUT2D eigenvalue weighted by molar-refractivity contribution is -0.121. The molecule has 2 N–H and O–H groups in total. The molecule has 21 heavy (non-hydrogen) atoms. The molecule has 4 heteroatoms. The fourth-order valence-electron chi connectivity index (χ4n) is 2.06. The number of carbonyl (C=O) groups is 1. The highest BCUT2D eigenvalue weighted by Crippen LogP contribution is 2.15. The van der Waals surface area contributed by atoms with E-state index in [9.17, 15) is 14.3 Å². The number of carbonyl (C=O) groups excluding carboxylic acids is 1. The van der Waals surface area contributed by atoms with Crippen LogP contribution in [0.2, 0.25) is 0 Å². The second kappa shape index (κ2) is 7.55. The van der Waals surface area contributed by atoms with Gasteiger partial charge in [0.05, 0.1) is 6.10 Å². The Labute approximate surface area is 123 Å². The van der Waals surface area contributed by atoms with Gasteiger partial charge in [0.2, 0.25) is 5.91 Å². The van der Waals surface area contributed by atoms with E-state index < -0.39 is 11.9 Å². The van der Waals surface area contributed by atoms with Crippen LogP contribution in [0.25, 0.3) is 0 Å². The van der Waals surface area contributed by atoms with Crippen LogP contribution in [0.5, 0.6) is 0 Å². The van der Waals surface area contributed by atoms with Crippen LogP contribution in [0.3, 0.4) is 0 Å². The van der Waals surface area contributed by atoms with E-state index in [2.05, 4.69) is 5.32 Å². The number of aliphatic hydroxyl groups is 1. The molecule has 0 aliphatic carbocycles. The third kappa shape index (κ3) is 4.68. The van der Waals surface area contributed by atoms with Gasteiger partial charge in [0.25, 0.3) is 0 Å². The van der Waals surface area contributed by atoms with Gasteiger partial charge in [-0.25, -0.2) is 4.39 Å². The summed E-state index contributed by atoms with van der Waals surface area (Å²) in [4.78, 5) is 11.7. The largest absolute Gasteiger partial charge is 0.386 e. The van der Waals surface area contributed by atoms with E-state index >= 15 is 0 Å². The number of benzene rings is 2. The summed E-state index contributed by atoms with van der Waals surface area (Å²) >= 11 is 0. The maximum absolute atomic E-state index is 13.5. The average molecular weight is 287 g/mol. The molecule has 0 aliphatic rings. The first kappa shape index (κ1) is 15.2. The molecular formula is C17H18FNO2. The van der Waals surface area contributed by atoms with E-state index in [0.29, 0.717) is 12.8 Å². The van der Waals surface area contributed by atoms with Crippen molar-refractivity contribution >= 4 is 5.91 Å². The molecular weight excluding hydrogens is 269 g/mol. The normalized spacial score (nSPS) is 11.9. The van der Waals surface area contributed by atoms with Gasteiger partial charge in [0.1, 0.15) is 5.82 Å². The molecule has 3 nitrogen and oxygen atoms in total. The molecule has 110 valence electrons. The fraction of sp³-hybridized carbons (Fsp3) is 0.235. The topological polar surface area (TPSA) is 49.3 Å². The lowest BCUT2D eigenvalue weighted by Crippen LogP contribution is -2.28. The molecule has 0 fully saturated rings. The summed E-state index contributed by atoms with van der Waals surface area (Å²) in [5.74, 6) is -0.627. The zero-order valence-corrected chi connectivity index (χ0v) is 11.6. The standard InChI is InChI=1S/C17H18FNO2/c18-15-9-5-4-8-14(15)16(20)12-19-17(21)11-10-13-6-2-1-3-7-13/h1-9,16,20H,10-12H2,(H,19,21). The van der Waals surface area contributed by atoms with Crippen molar-refractivity contribution in [3.8, 4) is 0 Å². The third-order valence-electron chi connectivity index (χ3n) is 3.24. The van der Waals surface area contributed by atoms with Crippen LogP contribution in [0, 0.1) is 5.82 Å². The maximum Gasteiger partial charge on any atom is 0.220 e. The molecule has 2 aromatic carbocycles. The molecule has 1 amide bonds. The first-order valence-electron chi connectivity index (χ1n) is 6.90. The molecule has 0 bridgehead atoms. The minimum atomic E-state index is -1.04. The van der Waals surface area contributed by atoms with Crippen molar-refractivity contribution in [3.05, 3.63) is 71.5 Å². The zero-order chi connectivity index (χ0) is 15.1. The van der Waals surface area contributed by atoms with E-state index in [1.807, 2.05) is 30.3 Å². The van der Waals surface area contributed by atoms with Gasteiger partial charge >= 0.3 is 0 Å². The van der Waals surface area contributed by atoms with Gasteiger partial charge in [-0.1, -0.05) is 48.5 Å². The Morgan fingerprint density at radius 1 is 1.10 bits per heavy atom. The Bertz CT molecular complexity index is 586. The highest BCUT2D eigenvalue weighted by molar-refractivity contribution is 5.76. The summed E-state index contributed by atoms with van der Waals surface area (Å²) < 4.78 is 13.5. The smallest absolute Gasteiger partial charge is 0.220 e. The lowest BCUT2D eigenvalue weighted by atomic mass is 10.1. The summed E-state index contributed by atoms with van der Waals surface area (Å²) in [6.45, 7) is 0.00849. The van der Waals surface area contributed by atoms with E-state index in [0.717, 1.165) is 5.56 Å². The van der Waals surface area contributed by atoms with Crippen molar-refractivity contribution in [2.75, 3.05) is 6.54 Å². The molecule has 0 radical (unpaired) electrons. The number of amides is 1. The minimum Gasteiger partial charge on any atom is -0.386 e. The van der Waals surface area contributed by atoms with Crippen molar-refractivity contribution in [2.24, 2.45) is 0 Å². The van der Waals surface area contributed by atoms with Gasteiger partial charge in [-0.3, -0.25) is 4.79 Å². The number of rotatable bonds is 6. The predicted octanol–water partition coefficient (Wildman–Crippen LogP) is 2.61. The number of aryl methyl sites for hydroxylation is 1. The summed E-state index contributed by atoms with van der Waals surface area (Å²) in [5, 5.41) is 12.5. The van der Waals surface area contributed by atoms with Crippen LogP contribution in [0.4, 0.5) is 4.39 Å². The van der Waals surface area contributed by atoms with Gasteiger partial charge in [-0.2, -0.15) is 0 Å². The van der Waals surface area contributed by atoms with Crippen LogP contribution in [-0.4, -0.2) is 17.6 Å². The monoisotopic (exact) mass is 287 g/mol. The SMILES string of the molecule is O=C(CCc1ccccc1)NCC(O)c1ccccc1F. The lowest BCUT2D eigenvalue weighted by Gasteiger charge is -2.13. The van der Waals surface area contributed by atoms with Crippen molar-refractivity contribution in [3.63, 3.8) is 0 Å². The molecule has 0 saturated heterocycles. The number of hydrogen-bond donors (Lipinski definition) is 2. The molecule has 2 aromatic rings. The molecule has 1 atom stereocenters. The van der Waals surface area contributed by atoms with Crippen molar-refractivity contribution in [2.45, 2.75) is 18.9 Å². The molecule has 2 rings (SSSR count). The molecule has 0 aliphatic heterocycles. The second-order valence-corrected chi connectivity index (χ2v) is 4.83. The highest BCUT2D eigenvalue weighted by Gasteiger charge is 2.13. The first-order chi connectivity index (χ1) is 10.2. The summed E-state index contributed by atoms with van der Waals surface area (Å²) in [6.07, 6.45) is -0.0527. The number of hydrogen-bond acceptors (Lipinski definition) is 2. The Hall–Kier alpha value is -2.20. The van der Waals surface area contributed by atoms with Crippen LogP contribution < -0.4 is 5.32 Å². The summed E-state index contributed by atoms with van der Waals surface area (Å²) in [5.41, 5.74) is 1.28. The first-order valence-corrected chi connectivity index (χ1v) is 6.90. The van der Waals surface area contributed by atoms with Gasteiger partial charge in [-0.15, -0.1) is 0 Å². The average Bonchev–Trinajstić information content (AvgIpc) is 2.52. The van der Waals surface area contributed by atoms with E-state index in [-0.39, 0.29) is 18.0 Å². The number of nitrogens with one attached hydrogen (secondary N) is 1.